The zero-order valence-electron chi connectivity index (χ0n) is 17.5. The molecule has 0 radical (unpaired) electrons. The van der Waals surface area contributed by atoms with E-state index in [2.05, 4.69) is 121 Å². The Kier molecular flexibility index (Phi) is 3.65. The number of benzene rings is 5. The van der Waals surface area contributed by atoms with Gasteiger partial charge in [0.25, 0.3) is 0 Å². The lowest BCUT2D eigenvalue weighted by Crippen LogP contribution is -2.25. The zero-order valence-corrected chi connectivity index (χ0v) is 17.5. The molecule has 2 aliphatic carbocycles. The SMILES string of the molecule is C1=c2c(ccc3c2=Cc2c-3ccc(-c3ccccc3)c2-c2ccccc2)-c2ccccc21. The number of rotatable bonds is 2. The molecule has 0 saturated heterocycles. The standard InChI is InChI=1S/C32H20/c1-3-9-21(10-4-1)25-15-16-28-27-18-17-26-24-14-8-7-13-23(24)19-29(26)30(27)20-31(28)32(25)22-11-5-2-6-12-22/h1-20H. The number of hydrogen-bond acceptors (Lipinski definition) is 0. The highest BCUT2D eigenvalue weighted by atomic mass is 14.3. The summed E-state index contributed by atoms with van der Waals surface area (Å²) in [5.74, 6) is 0. The van der Waals surface area contributed by atoms with E-state index in [0.29, 0.717) is 0 Å². The van der Waals surface area contributed by atoms with E-state index in [1.807, 2.05) is 0 Å². The molecular formula is C32H20. The summed E-state index contributed by atoms with van der Waals surface area (Å²) in [6.45, 7) is 0. The lowest BCUT2D eigenvalue weighted by Gasteiger charge is -2.15. The molecule has 0 aliphatic heterocycles. The van der Waals surface area contributed by atoms with Crippen molar-refractivity contribution in [3.05, 3.63) is 131 Å². The van der Waals surface area contributed by atoms with Crippen molar-refractivity contribution in [1.82, 2.24) is 0 Å². The lowest BCUT2D eigenvalue weighted by molar-refractivity contribution is 1.54. The average molecular weight is 405 g/mol. The molecule has 32 heavy (non-hydrogen) atoms. The van der Waals surface area contributed by atoms with Gasteiger partial charge in [-0.1, -0.05) is 109 Å². The molecule has 0 heteroatoms. The molecule has 0 atom stereocenters. The second-order valence-electron chi connectivity index (χ2n) is 8.55. The molecule has 0 unspecified atom stereocenters. The molecule has 0 spiro atoms. The molecule has 0 nitrogen and oxygen atoms in total. The molecule has 5 aromatic carbocycles. The first-order valence-corrected chi connectivity index (χ1v) is 11.1. The van der Waals surface area contributed by atoms with Crippen molar-refractivity contribution in [2.75, 3.05) is 0 Å². The second kappa shape index (κ2) is 6.67. The monoisotopic (exact) mass is 404 g/mol. The summed E-state index contributed by atoms with van der Waals surface area (Å²) in [5.41, 5.74) is 13.1. The van der Waals surface area contributed by atoms with Gasteiger partial charge in [0.05, 0.1) is 0 Å². The van der Waals surface area contributed by atoms with E-state index in [-0.39, 0.29) is 0 Å². The maximum atomic E-state index is 2.42. The summed E-state index contributed by atoms with van der Waals surface area (Å²) >= 11 is 0. The zero-order chi connectivity index (χ0) is 21.1. The fourth-order valence-electron chi connectivity index (χ4n) is 5.36. The molecule has 0 amide bonds. The van der Waals surface area contributed by atoms with Crippen molar-refractivity contribution in [2.24, 2.45) is 0 Å². The van der Waals surface area contributed by atoms with Gasteiger partial charge in [0.1, 0.15) is 0 Å². The van der Waals surface area contributed by atoms with Crippen LogP contribution in [0.15, 0.2) is 109 Å². The van der Waals surface area contributed by atoms with Crippen LogP contribution in [0.3, 0.4) is 0 Å². The third kappa shape index (κ3) is 2.44. The maximum absolute atomic E-state index is 2.42. The Balaban J connectivity index is 1.56. The van der Waals surface area contributed by atoms with E-state index < -0.39 is 0 Å². The van der Waals surface area contributed by atoms with E-state index in [0.717, 1.165) is 0 Å². The van der Waals surface area contributed by atoms with Crippen LogP contribution in [0.25, 0.3) is 56.7 Å². The van der Waals surface area contributed by atoms with E-state index >= 15 is 0 Å². The Hall–Kier alpha value is -4.16. The third-order valence-corrected chi connectivity index (χ3v) is 6.81. The predicted octanol–water partition coefficient (Wildman–Crippen LogP) is 6.64. The summed E-state index contributed by atoms with van der Waals surface area (Å²) in [5, 5.41) is 2.69. The quantitative estimate of drug-likeness (QED) is 0.303. The largest absolute Gasteiger partial charge is 0.0622 e. The van der Waals surface area contributed by atoms with E-state index in [4.69, 9.17) is 0 Å². The number of fused-ring (bicyclic) bond motifs is 7. The molecule has 0 fully saturated rings. The normalized spacial score (nSPS) is 12.2. The van der Waals surface area contributed by atoms with Crippen LogP contribution < -0.4 is 10.4 Å². The lowest BCUT2D eigenvalue weighted by atomic mass is 9.88. The van der Waals surface area contributed by atoms with Crippen molar-refractivity contribution in [3.63, 3.8) is 0 Å². The molecule has 7 rings (SSSR count). The van der Waals surface area contributed by atoms with Gasteiger partial charge in [0.15, 0.2) is 0 Å². The van der Waals surface area contributed by atoms with Crippen LogP contribution in [-0.2, 0) is 0 Å². The van der Waals surface area contributed by atoms with Crippen LogP contribution in [-0.4, -0.2) is 0 Å². The van der Waals surface area contributed by atoms with Gasteiger partial charge in [-0.05, 0) is 78.2 Å². The van der Waals surface area contributed by atoms with Gasteiger partial charge in [-0.25, -0.2) is 0 Å². The highest BCUT2D eigenvalue weighted by molar-refractivity contribution is 5.99. The molecule has 5 aromatic rings. The fraction of sp³-hybridized carbons (Fsp3) is 0. The van der Waals surface area contributed by atoms with Gasteiger partial charge in [-0.3, -0.25) is 0 Å². The van der Waals surface area contributed by atoms with Crippen molar-refractivity contribution in [2.45, 2.75) is 0 Å². The topological polar surface area (TPSA) is 0 Å². The highest BCUT2D eigenvalue weighted by Crippen LogP contribution is 2.42. The Morgan fingerprint density at radius 1 is 0.344 bits per heavy atom. The van der Waals surface area contributed by atoms with Crippen LogP contribution in [0, 0.1) is 0 Å². The van der Waals surface area contributed by atoms with Crippen LogP contribution in [0.1, 0.15) is 11.1 Å². The minimum absolute atomic E-state index is 1.25. The Morgan fingerprint density at radius 3 is 1.69 bits per heavy atom. The molecule has 2 aliphatic rings. The van der Waals surface area contributed by atoms with E-state index in [1.54, 1.807) is 0 Å². The van der Waals surface area contributed by atoms with Crippen LogP contribution in [0.2, 0.25) is 0 Å². The number of hydrogen-bond donors (Lipinski definition) is 0. The summed E-state index contributed by atoms with van der Waals surface area (Å²) in [4.78, 5) is 0. The van der Waals surface area contributed by atoms with Gasteiger partial charge >= 0.3 is 0 Å². The minimum atomic E-state index is 1.25. The molecule has 0 bridgehead atoms. The fourth-order valence-corrected chi connectivity index (χ4v) is 5.36. The van der Waals surface area contributed by atoms with Gasteiger partial charge in [-0.2, -0.15) is 0 Å². The molecule has 0 N–H and O–H groups in total. The third-order valence-electron chi connectivity index (χ3n) is 6.81. The van der Waals surface area contributed by atoms with Gasteiger partial charge in [0, 0.05) is 0 Å². The van der Waals surface area contributed by atoms with Crippen molar-refractivity contribution >= 4 is 12.2 Å². The summed E-state index contributed by atoms with van der Waals surface area (Å²) in [6.07, 6.45) is 4.77. The highest BCUT2D eigenvalue weighted by Gasteiger charge is 2.23. The Bertz CT molecular complexity index is 1640. The minimum Gasteiger partial charge on any atom is -0.0622 e. The summed E-state index contributed by atoms with van der Waals surface area (Å²) < 4.78 is 0. The molecular weight excluding hydrogens is 384 g/mol. The second-order valence-corrected chi connectivity index (χ2v) is 8.55. The van der Waals surface area contributed by atoms with Crippen LogP contribution in [0.5, 0.6) is 0 Å². The Morgan fingerprint density at radius 2 is 0.906 bits per heavy atom. The van der Waals surface area contributed by atoms with Crippen molar-refractivity contribution in [3.8, 4) is 44.5 Å². The van der Waals surface area contributed by atoms with Crippen molar-refractivity contribution < 1.29 is 0 Å². The predicted molar refractivity (Wildman–Crippen MR) is 135 cm³/mol. The van der Waals surface area contributed by atoms with Crippen molar-refractivity contribution in [1.29, 1.82) is 0 Å². The molecule has 0 aromatic heterocycles. The van der Waals surface area contributed by atoms with E-state index in [1.165, 1.54) is 66.1 Å². The van der Waals surface area contributed by atoms with Gasteiger partial charge in [-0.15, -0.1) is 0 Å². The smallest absolute Gasteiger partial charge is 0.00264 e. The Labute approximate surface area is 187 Å². The first kappa shape index (κ1) is 17.5. The maximum Gasteiger partial charge on any atom is -0.00264 e. The van der Waals surface area contributed by atoms with Crippen LogP contribution >= 0.6 is 0 Å². The van der Waals surface area contributed by atoms with E-state index in [9.17, 15) is 0 Å². The summed E-state index contributed by atoms with van der Waals surface area (Å²) in [6, 6.07) is 39.5. The average Bonchev–Trinajstić information content (AvgIpc) is 3.43. The first-order valence-electron chi connectivity index (χ1n) is 11.1. The molecule has 0 heterocycles. The summed E-state index contributed by atoms with van der Waals surface area (Å²) in [7, 11) is 0. The van der Waals surface area contributed by atoms with Crippen LogP contribution in [0.4, 0.5) is 0 Å². The molecule has 148 valence electrons. The van der Waals surface area contributed by atoms with Gasteiger partial charge < -0.3 is 0 Å². The first-order chi connectivity index (χ1) is 15.9. The molecule has 0 saturated carbocycles. The van der Waals surface area contributed by atoms with Gasteiger partial charge in [0.2, 0.25) is 0 Å².